The van der Waals surface area contributed by atoms with Gasteiger partial charge >= 0.3 is 0 Å². The summed E-state index contributed by atoms with van der Waals surface area (Å²) in [5, 5.41) is 7.48. The lowest BCUT2D eigenvalue weighted by Gasteiger charge is -2.32. The Hall–Kier alpha value is -0.650. The summed E-state index contributed by atoms with van der Waals surface area (Å²) in [6, 6.07) is 0.719. The summed E-state index contributed by atoms with van der Waals surface area (Å²) in [5.41, 5.74) is 5.55. The fraction of sp³-hybridized carbons (Fsp3) is 0.909. The van der Waals surface area contributed by atoms with E-state index in [4.69, 9.17) is 15.9 Å². The van der Waals surface area contributed by atoms with Crippen LogP contribution in [0.15, 0.2) is 0 Å². The van der Waals surface area contributed by atoms with E-state index < -0.39 is 0 Å². The Kier molecular flexibility index (Phi) is 3.78. The molecule has 2 rings (SSSR count). The fourth-order valence-electron chi connectivity index (χ4n) is 2.56. The summed E-state index contributed by atoms with van der Waals surface area (Å²) >= 11 is 0. The lowest BCUT2D eigenvalue weighted by atomic mass is 10.2. The smallest absolute Gasteiger partial charge is 0.108 e. The molecule has 2 fully saturated rings. The normalized spacial score (nSPS) is 30.4. The van der Waals surface area contributed by atoms with Crippen molar-refractivity contribution >= 4 is 5.84 Å². The quantitative estimate of drug-likeness (QED) is 0.513. The summed E-state index contributed by atoms with van der Waals surface area (Å²) in [7, 11) is 0. The second kappa shape index (κ2) is 5.12. The average molecular weight is 226 g/mol. The van der Waals surface area contributed by atoms with Gasteiger partial charge < -0.3 is 10.5 Å². The van der Waals surface area contributed by atoms with Gasteiger partial charge in [0.25, 0.3) is 0 Å². The molecule has 0 amide bonds. The lowest BCUT2D eigenvalue weighted by Crippen LogP contribution is -2.47. The first-order valence-corrected chi connectivity index (χ1v) is 6.08. The van der Waals surface area contributed by atoms with Crippen LogP contribution in [0, 0.1) is 5.41 Å². The first-order chi connectivity index (χ1) is 7.68. The summed E-state index contributed by atoms with van der Waals surface area (Å²) in [4.78, 5) is 4.82. The van der Waals surface area contributed by atoms with Crippen LogP contribution in [0.1, 0.15) is 13.3 Å². The van der Waals surface area contributed by atoms with Gasteiger partial charge in [0, 0.05) is 32.2 Å². The predicted molar refractivity (Wildman–Crippen MR) is 63.7 cm³/mol. The summed E-state index contributed by atoms with van der Waals surface area (Å²) in [5.74, 6) is 0.280. The third-order valence-electron chi connectivity index (χ3n) is 3.75. The van der Waals surface area contributed by atoms with Crippen molar-refractivity contribution in [3.05, 3.63) is 0 Å². The molecule has 0 spiro atoms. The second-order valence-corrected chi connectivity index (χ2v) is 4.72. The highest BCUT2D eigenvalue weighted by Crippen LogP contribution is 2.18. The molecule has 92 valence electrons. The molecule has 0 radical (unpaired) electrons. The molecule has 2 heterocycles. The Morgan fingerprint density at radius 1 is 1.38 bits per heavy atom. The molecule has 0 aromatic heterocycles. The number of amidine groups is 1. The Morgan fingerprint density at radius 2 is 2.06 bits per heavy atom. The van der Waals surface area contributed by atoms with Crippen LogP contribution in [0.5, 0.6) is 0 Å². The van der Waals surface area contributed by atoms with Gasteiger partial charge in [-0.2, -0.15) is 0 Å². The van der Waals surface area contributed by atoms with Crippen molar-refractivity contribution in [2.75, 3.05) is 39.4 Å². The van der Waals surface area contributed by atoms with Crippen molar-refractivity contribution in [1.82, 2.24) is 9.80 Å². The number of morpholine rings is 1. The van der Waals surface area contributed by atoms with Gasteiger partial charge in [-0.05, 0) is 13.3 Å². The minimum atomic E-state index is 0.0889. The zero-order chi connectivity index (χ0) is 11.5. The molecule has 2 atom stereocenters. The van der Waals surface area contributed by atoms with E-state index in [-0.39, 0.29) is 11.9 Å². The second-order valence-electron chi connectivity index (χ2n) is 4.72. The van der Waals surface area contributed by atoms with Gasteiger partial charge in [-0.1, -0.05) is 0 Å². The van der Waals surface area contributed by atoms with E-state index in [0.29, 0.717) is 6.04 Å². The van der Waals surface area contributed by atoms with Crippen LogP contribution >= 0.6 is 0 Å². The molecule has 0 aromatic rings. The summed E-state index contributed by atoms with van der Waals surface area (Å²) < 4.78 is 5.36. The van der Waals surface area contributed by atoms with Crippen molar-refractivity contribution in [2.45, 2.75) is 25.4 Å². The molecule has 3 N–H and O–H groups in total. The topological polar surface area (TPSA) is 65.6 Å². The highest BCUT2D eigenvalue weighted by atomic mass is 16.5. The van der Waals surface area contributed by atoms with E-state index >= 15 is 0 Å². The molecule has 0 aromatic carbocycles. The molecular weight excluding hydrogens is 204 g/mol. The predicted octanol–water partition coefficient (Wildman–Crippen LogP) is -0.283. The minimum absolute atomic E-state index is 0.0889. The lowest BCUT2D eigenvalue weighted by molar-refractivity contribution is 0.0183. The third-order valence-corrected chi connectivity index (χ3v) is 3.75. The standard InChI is InChI=1S/C11H22N4O/c1-9(11(12)13)15-3-2-10(8-15)14-4-6-16-7-5-14/h9-10H,2-8H2,1H3,(H3,12,13). The Morgan fingerprint density at radius 3 is 2.69 bits per heavy atom. The van der Waals surface area contributed by atoms with Crippen molar-refractivity contribution in [2.24, 2.45) is 5.73 Å². The number of nitrogens with zero attached hydrogens (tertiary/aromatic N) is 2. The van der Waals surface area contributed by atoms with Crippen LogP contribution in [-0.4, -0.2) is 67.1 Å². The van der Waals surface area contributed by atoms with Gasteiger partial charge in [0.15, 0.2) is 0 Å². The first kappa shape index (κ1) is 11.8. The Bertz CT molecular complexity index is 252. The monoisotopic (exact) mass is 226 g/mol. The number of ether oxygens (including phenoxy) is 1. The zero-order valence-corrected chi connectivity index (χ0v) is 9.98. The van der Waals surface area contributed by atoms with Crippen molar-refractivity contribution in [1.29, 1.82) is 5.41 Å². The number of rotatable bonds is 3. The molecular formula is C11H22N4O. The highest BCUT2D eigenvalue weighted by molar-refractivity contribution is 5.82. The molecule has 2 aliphatic rings. The number of likely N-dealkylation sites (tertiary alicyclic amines) is 1. The third kappa shape index (κ3) is 2.53. The average Bonchev–Trinajstić information content (AvgIpc) is 2.78. The van der Waals surface area contributed by atoms with Crippen LogP contribution < -0.4 is 5.73 Å². The van der Waals surface area contributed by atoms with Gasteiger partial charge in [-0.25, -0.2) is 0 Å². The van der Waals surface area contributed by atoms with Gasteiger partial charge in [0.1, 0.15) is 5.84 Å². The molecule has 0 aliphatic carbocycles. The van der Waals surface area contributed by atoms with Gasteiger partial charge in [-0.3, -0.25) is 15.2 Å². The maximum atomic E-state index is 7.48. The van der Waals surface area contributed by atoms with E-state index in [1.807, 2.05) is 6.92 Å². The van der Waals surface area contributed by atoms with Gasteiger partial charge in [0.05, 0.1) is 19.3 Å². The van der Waals surface area contributed by atoms with Crippen LogP contribution in [-0.2, 0) is 4.74 Å². The number of nitrogens with two attached hydrogens (primary N) is 1. The summed E-state index contributed by atoms with van der Waals surface area (Å²) in [6.07, 6.45) is 1.19. The minimum Gasteiger partial charge on any atom is -0.386 e. The van der Waals surface area contributed by atoms with Crippen molar-refractivity contribution in [3.63, 3.8) is 0 Å². The van der Waals surface area contributed by atoms with E-state index in [1.165, 1.54) is 6.42 Å². The summed E-state index contributed by atoms with van der Waals surface area (Å²) in [6.45, 7) is 7.94. The zero-order valence-electron chi connectivity index (χ0n) is 9.98. The molecule has 5 heteroatoms. The maximum Gasteiger partial charge on any atom is 0.108 e. The highest BCUT2D eigenvalue weighted by Gasteiger charge is 2.31. The van der Waals surface area contributed by atoms with Crippen LogP contribution in [0.2, 0.25) is 0 Å². The Balaban J connectivity index is 1.84. The van der Waals surface area contributed by atoms with Crippen LogP contribution in [0.25, 0.3) is 0 Å². The number of nitrogens with one attached hydrogen (secondary N) is 1. The van der Waals surface area contributed by atoms with Crippen molar-refractivity contribution < 1.29 is 4.74 Å². The SMILES string of the molecule is CC(C(=N)N)N1CCC(N2CCOCC2)C1. The largest absolute Gasteiger partial charge is 0.386 e. The maximum absolute atomic E-state index is 7.48. The fourth-order valence-corrected chi connectivity index (χ4v) is 2.56. The number of hydrogen-bond acceptors (Lipinski definition) is 4. The van der Waals surface area contributed by atoms with E-state index in [2.05, 4.69) is 9.80 Å². The molecule has 5 nitrogen and oxygen atoms in total. The molecule has 2 aliphatic heterocycles. The molecule has 2 saturated heterocycles. The molecule has 0 bridgehead atoms. The number of hydrogen-bond donors (Lipinski definition) is 2. The van der Waals surface area contributed by atoms with E-state index in [1.54, 1.807) is 0 Å². The van der Waals surface area contributed by atoms with Crippen LogP contribution in [0.4, 0.5) is 0 Å². The van der Waals surface area contributed by atoms with Crippen molar-refractivity contribution in [3.8, 4) is 0 Å². The van der Waals surface area contributed by atoms with E-state index in [9.17, 15) is 0 Å². The molecule has 16 heavy (non-hydrogen) atoms. The van der Waals surface area contributed by atoms with Gasteiger partial charge in [0.2, 0.25) is 0 Å². The van der Waals surface area contributed by atoms with Crippen LogP contribution in [0.3, 0.4) is 0 Å². The molecule has 0 saturated carbocycles. The first-order valence-electron chi connectivity index (χ1n) is 6.08. The van der Waals surface area contributed by atoms with E-state index in [0.717, 1.165) is 39.4 Å². The molecule has 2 unspecified atom stereocenters. The van der Waals surface area contributed by atoms with Gasteiger partial charge in [-0.15, -0.1) is 0 Å². The Labute approximate surface area is 97.0 Å².